The van der Waals surface area contributed by atoms with E-state index >= 15 is 0 Å². The molecule has 3 aromatic carbocycles. The lowest BCUT2D eigenvalue weighted by molar-refractivity contribution is 0.327. The standard InChI is InChI=1S/C24H18ClFN2O2S/c1-29-20-7-3-4-14-13-19-23(31)27-22(15-5-2-6-16(25)12-15)28(24(19)30-21(14)20)18-10-8-17(26)9-11-18/h2-12,22H,13H2,1H3,(H,27,31)/t22-/m0/s1. The fourth-order valence-electron chi connectivity index (χ4n) is 3.94. The zero-order valence-corrected chi connectivity index (χ0v) is 18.1. The summed E-state index contributed by atoms with van der Waals surface area (Å²) in [6.07, 6.45) is 0.208. The number of para-hydroxylation sites is 1. The first kappa shape index (κ1) is 19.8. The monoisotopic (exact) mass is 452 g/mol. The second kappa shape index (κ2) is 7.87. The molecule has 7 heteroatoms. The fourth-order valence-corrected chi connectivity index (χ4v) is 4.41. The third kappa shape index (κ3) is 3.52. The second-order valence-corrected chi connectivity index (χ2v) is 8.13. The molecule has 0 radical (unpaired) electrons. The molecule has 0 amide bonds. The summed E-state index contributed by atoms with van der Waals surface area (Å²) in [6, 6.07) is 19.6. The largest absolute Gasteiger partial charge is 0.493 e. The van der Waals surface area contributed by atoms with Crippen molar-refractivity contribution in [2.24, 2.45) is 0 Å². The third-order valence-electron chi connectivity index (χ3n) is 5.39. The average molecular weight is 453 g/mol. The van der Waals surface area contributed by atoms with E-state index in [4.69, 9.17) is 33.3 Å². The Balaban J connectivity index is 1.68. The fraction of sp³-hybridized carbons (Fsp3) is 0.125. The van der Waals surface area contributed by atoms with Crippen molar-refractivity contribution in [2.75, 3.05) is 12.0 Å². The van der Waals surface area contributed by atoms with Gasteiger partial charge >= 0.3 is 0 Å². The van der Waals surface area contributed by atoms with Crippen LogP contribution in [0.3, 0.4) is 0 Å². The second-order valence-electron chi connectivity index (χ2n) is 7.29. The van der Waals surface area contributed by atoms with E-state index in [1.807, 2.05) is 47.4 Å². The Labute approximate surface area is 189 Å². The van der Waals surface area contributed by atoms with Gasteiger partial charge in [-0.2, -0.15) is 0 Å². The summed E-state index contributed by atoms with van der Waals surface area (Å²) in [7, 11) is 1.61. The number of rotatable bonds is 3. The maximum absolute atomic E-state index is 13.7. The van der Waals surface area contributed by atoms with Crippen LogP contribution < -0.4 is 19.7 Å². The number of nitrogens with zero attached hydrogens (tertiary/aromatic N) is 1. The van der Waals surface area contributed by atoms with E-state index in [9.17, 15) is 4.39 Å². The minimum atomic E-state index is -0.383. The molecule has 1 N–H and O–H groups in total. The topological polar surface area (TPSA) is 33.7 Å². The maximum Gasteiger partial charge on any atom is 0.209 e. The summed E-state index contributed by atoms with van der Waals surface area (Å²) in [4.78, 5) is 2.58. The van der Waals surface area contributed by atoms with Crippen LogP contribution in [0.25, 0.3) is 0 Å². The van der Waals surface area contributed by atoms with E-state index in [0.717, 1.165) is 22.4 Å². The molecular formula is C24H18ClFN2O2S. The van der Waals surface area contributed by atoms with Gasteiger partial charge in [-0.05, 0) is 48.0 Å². The molecule has 2 heterocycles. The maximum atomic E-state index is 13.7. The number of anilines is 1. The molecule has 0 fully saturated rings. The lowest BCUT2D eigenvalue weighted by Crippen LogP contribution is -2.49. The number of halogens is 2. The molecule has 1 atom stereocenters. The van der Waals surface area contributed by atoms with Gasteiger partial charge in [-0.15, -0.1) is 0 Å². The van der Waals surface area contributed by atoms with Gasteiger partial charge in [0.15, 0.2) is 11.5 Å². The highest BCUT2D eigenvalue weighted by molar-refractivity contribution is 7.80. The Morgan fingerprint density at radius 2 is 1.90 bits per heavy atom. The molecule has 5 rings (SSSR count). The van der Waals surface area contributed by atoms with E-state index in [2.05, 4.69) is 5.32 Å². The van der Waals surface area contributed by atoms with Crippen molar-refractivity contribution in [2.45, 2.75) is 12.6 Å². The molecule has 0 unspecified atom stereocenters. The predicted octanol–water partition coefficient (Wildman–Crippen LogP) is 5.77. The summed E-state index contributed by atoms with van der Waals surface area (Å²) in [5, 5.41) is 4.03. The van der Waals surface area contributed by atoms with Crippen LogP contribution in [0.2, 0.25) is 5.02 Å². The Morgan fingerprint density at radius 1 is 1.13 bits per heavy atom. The van der Waals surface area contributed by atoms with Gasteiger partial charge in [0, 0.05) is 22.7 Å². The minimum Gasteiger partial charge on any atom is -0.493 e. The lowest BCUT2D eigenvalue weighted by atomic mass is 9.98. The van der Waals surface area contributed by atoms with Gasteiger partial charge in [-0.3, -0.25) is 4.90 Å². The summed E-state index contributed by atoms with van der Waals surface area (Å²) in [5.41, 5.74) is 3.51. The molecule has 0 bridgehead atoms. The lowest BCUT2D eigenvalue weighted by Gasteiger charge is -2.43. The highest BCUT2D eigenvalue weighted by Crippen LogP contribution is 2.44. The number of fused-ring (bicyclic) bond motifs is 1. The van der Waals surface area contributed by atoms with Crippen LogP contribution in [-0.4, -0.2) is 12.1 Å². The Bertz CT molecular complexity index is 1210. The van der Waals surface area contributed by atoms with E-state index in [0.29, 0.717) is 33.8 Å². The van der Waals surface area contributed by atoms with Crippen LogP contribution in [0.15, 0.2) is 78.2 Å². The zero-order chi connectivity index (χ0) is 21.5. The first-order chi connectivity index (χ1) is 15.0. The Kier molecular flexibility index (Phi) is 5.04. The zero-order valence-electron chi connectivity index (χ0n) is 16.6. The molecule has 4 nitrogen and oxygen atoms in total. The molecule has 2 aliphatic heterocycles. The molecular weight excluding hydrogens is 435 g/mol. The van der Waals surface area contributed by atoms with E-state index in [1.165, 1.54) is 12.1 Å². The van der Waals surface area contributed by atoms with Crippen LogP contribution in [0.1, 0.15) is 17.3 Å². The molecule has 0 saturated carbocycles. The first-order valence-corrected chi connectivity index (χ1v) is 10.5. The minimum absolute atomic E-state index is 0.311. The Morgan fingerprint density at radius 3 is 2.65 bits per heavy atom. The smallest absolute Gasteiger partial charge is 0.209 e. The normalized spacial score (nSPS) is 17.5. The number of hydrogen-bond donors (Lipinski definition) is 1. The number of nitrogens with one attached hydrogen (secondary N) is 1. The number of methoxy groups -OCH3 is 1. The highest BCUT2D eigenvalue weighted by Gasteiger charge is 2.38. The van der Waals surface area contributed by atoms with Gasteiger partial charge in [0.1, 0.15) is 17.0 Å². The Hall–Kier alpha value is -3.09. The number of hydrogen-bond acceptors (Lipinski definition) is 4. The van der Waals surface area contributed by atoms with Crippen LogP contribution in [-0.2, 0) is 6.42 Å². The van der Waals surface area contributed by atoms with Crippen LogP contribution in [0.4, 0.5) is 10.1 Å². The SMILES string of the molecule is COc1cccc2c1OC1=C(C2)C(=S)N[C@H](c2cccc(Cl)c2)N1c1ccc(F)cc1. The van der Waals surface area contributed by atoms with Gasteiger partial charge < -0.3 is 14.8 Å². The first-order valence-electron chi connectivity index (χ1n) is 9.73. The van der Waals surface area contributed by atoms with Crippen molar-refractivity contribution in [3.8, 4) is 11.5 Å². The summed E-state index contributed by atoms with van der Waals surface area (Å²) < 4.78 is 25.6. The van der Waals surface area contributed by atoms with Crippen LogP contribution in [0, 0.1) is 5.82 Å². The van der Waals surface area contributed by atoms with Crippen molar-refractivity contribution >= 4 is 34.5 Å². The number of ether oxygens (including phenoxy) is 2. The number of benzene rings is 3. The van der Waals surface area contributed by atoms with Crippen molar-refractivity contribution in [3.63, 3.8) is 0 Å². The average Bonchev–Trinajstić information content (AvgIpc) is 2.78. The van der Waals surface area contributed by atoms with Crippen molar-refractivity contribution in [1.29, 1.82) is 0 Å². The van der Waals surface area contributed by atoms with E-state index < -0.39 is 0 Å². The van der Waals surface area contributed by atoms with Crippen LogP contribution >= 0.6 is 23.8 Å². The summed E-state index contributed by atoms with van der Waals surface area (Å²) >= 11 is 12.0. The molecule has 156 valence electrons. The predicted molar refractivity (Wildman–Crippen MR) is 123 cm³/mol. The molecule has 2 aliphatic rings. The highest BCUT2D eigenvalue weighted by atomic mass is 35.5. The molecule has 31 heavy (non-hydrogen) atoms. The van der Waals surface area contributed by atoms with Crippen molar-refractivity contribution in [1.82, 2.24) is 5.32 Å². The van der Waals surface area contributed by atoms with E-state index in [-0.39, 0.29) is 12.0 Å². The molecule has 0 saturated heterocycles. The quantitative estimate of drug-likeness (QED) is 0.510. The van der Waals surface area contributed by atoms with Gasteiger partial charge in [-0.25, -0.2) is 4.39 Å². The van der Waals surface area contributed by atoms with Gasteiger partial charge in [-0.1, -0.05) is 48.1 Å². The molecule has 0 spiro atoms. The molecule has 0 aliphatic carbocycles. The van der Waals surface area contributed by atoms with Gasteiger partial charge in [0.25, 0.3) is 0 Å². The third-order valence-corrected chi connectivity index (χ3v) is 5.99. The summed E-state index contributed by atoms with van der Waals surface area (Å²) in [6.45, 7) is 0. The molecule has 3 aromatic rings. The summed E-state index contributed by atoms with van der Waals surface area (Å²) in [5.74, 6) is 1.59. The van der Waals surface area contributed by atoms with Gasteiger partial charge in [0.2, 0.25) is 5.88 Å². The van der Waals surface area contributed by atoms with Gasteiger partial charge in [0.05, 0.1) is 12.7 Å². The van der Waals surface area contributed by atoms with E-state index in [1.54, 1.807) is 19.2 Å². The molecule has 0 aromatic heterocycles. The van der Waals surface area contributed by atoms with Crippen molar-refractivity contribution < 1.29 is 13.9 Å². The van der Waals surface area contributed by atoms with Crippen molar-refractivity contribution in [3.05, 3.63) is 100 Å². The van der Waals surface area contributed by atoms with Crippen LogP contribution in [0.5, 0.6) is 11.5 Å². The number of thiocarbonyl (C=S) groups is 1.